The van der Waals surface area contributed by atoms with E-state index < -0.39 is 23.9 Å². The Balaban J connectivity index is 2.11. The van der Waals surface area contributed by atoms with Crippen LogP contribution in [0.2, 0.25) is 0 Å². The molecule has 0 aliphatic heterocycles. The van der Waals surface area contributed by atoms with Crippen molar-refractivity contribution < 1.29 is 13.9 Å². The molecule has 0 saturated heterocycles. The number of aliphatic hydroxyl groups is 1. The second-order valence-electron chi connectivity index (χ2n) is 3.61. The molecule has 2 unspecified atom stereocenters. The highest BCUT2D eigenvalue weighted by Gasteiger charge is 2.72. The van der Waals surface area contributed by atoms with Crippen molar-refractivity contribution in [2.45, 2.75) is 30.9 Å². The third-order valence-corrected chi connectivity index (χ3v) is 2.78. The maximum atomic E-state index is 12.7. The zero-order chi connectivity index (χ0) is 8.22. The molecule has 2 fully saturated rings. The van der Waals surface area contributed by atoms with Crippen LogP contribution in [0.1, 0.15) is 12.8 Å². The minimum atomic E-state index is -2.63. The Hall–Kier alpha value is -0.220. The SMILES string of the molecule is N[C@@H]1CC2C([C@H](O)C1)C2(F)F. The Labute approximate surface area is 63.4 Å². The van der Waals surface area contributed by atoms with Crippen molar-refractivity contribution in [3.05, 3.63) is 0 Å². The van der Waals surface area contributed by atoms with Gasteiger partial charge in [0.05, 0.1) is 12.0 Å². The molecule has 2 rings (SSSR count). The fourth-order valence-electron chi connectivity index (χ4n) is 2.12. The number of fused-ring (bicyclic) bond motifs is 1. The van der Waals surface area contributed by atoms with Crippen LogP contribution in [0.3, 0.4) is 0 Å². The summed E-state index contributed by atoms with van der Waals surface area (Å²) in [6.07, 6.45) is -0.176. The molecule has 2 aliphatic carbocycles. The summed E-state index contributed by atoms with van der Waals surface area (Å²) >= 11 is 0. The first kappa shape index (κ1) is 7.43. The Morgan fingerprint density at radius 3 is 2.55 bits per heavy atom. The first-order valence-electron chi connectivity index (χ1n) is 3.85. The van der Waals surface area contributed by atoms with E-state index in [1.807, 2.05) is 0 Å². The van der Waals surface area contributed by atoms with Crippen LogP contribution in [0.25, 0.3) is 0 Å². The van der Waals surface area contributed by atoms with E-state index in [-0.39, 0.29) is 6.04 Å². The smallest absolute Gasteiger partial charge is 0.257 e. The summed E-state index contributed by atoms with van der Waals surface area (Å²) in [6, 6.07) is -0.236. The van der Waals surface area contributed by atoms with E-state index >= 15 is 0 Å². The molecule has 4 atom stereocenters. The molecule has 0 amide bonds. The Morgan fingerprint density at radius 2 is 2.00 bits per heavy atom. The van der Waals surface area contributed by atoms with Gasteiger partial charge in [-0.3, -0.25) is 0 Å². The van der Waals surface area contributed by atoms with Crippen molar-refractivity contribution in [1.29, 1.82) is 0 Å². The van der Waals surface area contributed by atoms with Crippen LogP contribution in [-0.4, -0.2) is 23.2 Å². The van der Waals surface area contributed by atoms with E-state index in [1.54, 1.807) is 0 Å². The zero-order valence-electron chi connectivity index (χ0n) is 6.00. The minimum absolute atomic E-state index is 0.236. The lowest BCUT2D eigenvalue weighted by atomic mass is 9.94. The summed E-state index contributed by atoms with van der Waals surface area (Å²) in [5, 5.41) is 9.17. The lowest BCUT2D eigenvalue weighted by Crippen LogP contribution is -2.32. The number of rotatable bonds is 0. The minimum Gasteiger partial charge on any atom is -0.393 e. The van der Waals surface area contributed by atoms with Crippen LogP contribution in [0, 0.1) is 11.8 Å². The number of hydrogen-bond acceptors (Lipinski definition) is 2. The van der Waals surface area contributed by atoms with E-state index in [9.17, 15) is 8.78 Å². The summed E-state index contributed by atoms with van der Waals surface area (Å²) in [5.74, 6) is -4.06. The van der Waals surface area contributed by atoms with Gasteiger partial charge in [-0.1, -0.05) is 0 Å². The first-order valence-corrected chi connectivity index (χ1v) is 3.85. The highest BCUT2D eigenvalue weighted by atomic mass is 19.3. The fourth-order valence-corrected chi connectivity index (χ4v) is 2.12. The molecular weight excluding hydrogens is 152 g/mol. The molecule has 2 nitrogen and oxygen atoms in total. The van der Waals surface area contributed by atoms with Crippen molar-refractivity contribution in [1.82, 2.24) is 0 Å². The summed E-state index contributed by atoms with van der Waals surface area (Å²) in [6.45, 7) is 0. The van der Waals surface area contributed by atoms with Crippen molar-refractivity contribution in [2.75, 3.05) is 0 Å². The maximum absolute atomic E-state index is 12.7. The van der Waals surface area contributed by atoms with E-state index in [2.05, 4.69) is 0 Å². The van der Waals surface area contributed by atoms with Gasteiger partial charge in [-0.05, 0) is 12.8 Å². The molecule has 0 bridgehead atoms. The molecular formula is C7H11F2NO. The van der Waals surface area contributed by atoms with Crippen LogP contribution >= 0.6 is 0 Å². The van der Waals surface area contributed by atoms with Crippen LogP contribution in [-0.2, 0) is 0 Å². The Kier molecular flexibility index (Phi) is 1.30. The third kappa shape index (κ3) is 0.891. The lowest BCUT2D eigenvalue weighted by Gasteiger charge is -2.19. The fraction of sp³-hybridized carbons (Fsp3) is 1.00. The molecule has 0 aromatic carbocycles. The van der Waals surface area contributed by atoms with Gasteiger partial charge in [0, 0.05) is 12.0 Å². The van der Waals surface area contributed by atoms with Gasteiger partial charge < -0.3 is 10.8 Å². The van der Waals surface area contributed by atoms with Gasteiger partial charge in [0.2, 0.25) is 0 Å². The predicted molar refractivity (Wildman–Crippen MR) is 35.1 cm³/mol. The third-order valence-electron chi connectivity index (χ3n) is 2.78. The second kappa shape index (κ2) is 1.93. The number of alkyl halides is 2. The summed E-state index contributed by atoms with van der Waals surface area (Å²) in [4.78, 5) is 0. The van der Waals surface area contributed by atoms with Crippen molar-refractivity contribution in [3.63, 3.8) is 0 Å². The molecule has 0 spiro atoms. The van der Waals surface area contributed by atoms with Crippen LogP contribution < -0.4 is 5.73 Å². The summed E-state index contributed by atoms with van der Waals surface area (Å²) < 4.78 is 25.4. The highest BCUT2D eigenvalue weighted by molar-refractivity contribution is 5.12. The molecule has 0 radical (unpaired) electrons. The first-order chi connectivity index (χ1) is 5.03. The molecule has 2 aliphatic rings. The van der Waals surface area contributed by atoms with E-state index in [4.69, 9.17) is 10.8 Å². The Morgan fingerprint density at radius 1 is 1.36 bits per heavy atom. The molecule has 0 aromatic heterocycles. The summed E-state index contributed by atoms with van der Waals surface area (Å²) in [7, 11) is 0. The van der Waals surface area contributed by atoms with Crippen molar-refractivity contribution >= 4 is 0 Å². The molecule has 64 valence electrons. The van der Waals surface area contributed by atoms with Gasteiger partial charge >= 0.3 is 0 Å². The van der Waals surface area contributed by atoms with Gasteiger partial charge in [0.15, 0.2) is 0 Å². The molecule has 4 heteroatoms. The maximum Gasteiger partial charge on any atom is 0.257 e. The number of halogens is 2. The molecule has 11 heavy (non-hydrogen) atoms. The summed E-state index contributed by atoms with van der Waals surface area (Å²) in [5.41, 5.74) is 5.47. The van der Waals surface area contributed by atoms with Crippen LogP contribution in [0.5, 0.6) is 0 Å². The molecule has 0 heterocycles. The monoisotopic (exact) mass is 163 g/mol. The molecule has 3 N–H and O–H groups in total. The molecule has 2 saturated carbocycles. The number of aliphatic hydroxyl groups excluding tert-OH is 1. The second-order valence-corrected chi connectivity index (χ2v) is 3.61. The number of hydrogen-bond donors (Lipinski definition) is 2. The van der Waals surface area contributed by atoms with Crippen molar-refractivity contribution in [3.8, 4) is 0 Å². The molecule has 0 aromatic rings. The van der Waals surface area contributed by atoms with E-state index in [0.29, 0.717) is 12.8 Å². The predicted octanol–water partition coefficient (Wildman–Crippen LogP) is 0.350. The van der Waals surface area contributed by atoms with E-state index in [0.717, 1.165) is 0 Å². The highest BCUT2D eigenvalue weighted by Crippen LogP contribution is 2.61. The Bertz CT molecular complexity index is 185. The van der Waals surface area contributed by atoms with Gasteiger partial charge in [-0.2, -0.15) is 0 Å². The van der Waals surface area contributed by atoms with Gasteiger partial charge in [-0.15, -0.1) is 0 Å². The average molecular weight is 163 g/mol. The largest absolute Gasteiger partial charge is 0.393 e. The van der Waals surface area contributed by atoms with Gasteiger partial charge in [0.1, 0.15) is 0 Å². The average Bonchev–Trinajstić information content (AvgIpc) is 2.34. The van der Waals surface area contributed by atoms with Gasteiger partial charge in [-0.25, -0.2) is 8.78 Å². The lowest BCUT2D eigenvalue weighted by molar-refractivity contribution is 0.0455. The van der Waals surface area contributed by atoms with Crippen LogP contribution in [0.15, 0.2) is 0 Å². The standard InChI is InChI=1S/C7H11F2NO/c8-7(9)4-1-3(10)2-5(11)6(4)7/h3-6,11H,1-2,10H2/t3-,4?,5-,6?/m1/s1. The van der Waals surface area contributed by atoms with E-state index in [1.165, 1.54) is 0 Å². The van der Waals surface area contributed by atoms with Crippen molar-refractivity contribution in [2.24, 2.45) is 17.6 Å². The quantitative estimate of drug-likeness (QED) is 0.541. The van der Waals surface area contributed by atoms with Crippen LogP contribution in [0.4, 0.5) is 8.78 Å². The number of nitrogens with two attached hydrogens (primary N) is 1. The van der Waals surface area contributed by atoms with Gasteiger partial charge in [0.25, 0.3) is 5.92 Å². The zero-order valence-corrected chi connectivity index (χ0v) is 6.00. The normalized spacial score (nSPS) is 53.5. The topological polar surface area (TPSA) is 46.2 Å².